The summed E-state index contributed by atoms with van der Waals surface area (Å²) in [5.74, 6) is -0.559. The Morgan fingerprint density at radius 2 is 0.877 bits per heavy atom. The number of phosphoric ester groups is 1. The Kier molecular flexibility index (Phi) is 32.4. The summed E-state index contributed by atoms with van der Waals surface area (Å²) < 4.78 is 22.9. The van der Waals surface area contributed by atoms with E-state index < -0.39 is 75.2 Å². The largest absolute Gasteiger partial charge is 0.472 e. The molecular weight excluding hydrogens is 753 g/mol. The molecule has 57 heavy (non-hydrogen) atoms. The third-order valence-electron chi connectivity index (χ3n) is 11.5. The number of aliphatic hydroxyl groups is 7. The minimum absolute atomic E-state index is 0.217. The van der Waals surface area contributed by atoms with Crippen molar-refractivity contribution in [3.05, 3.63) is 0 Å². The van der Waals surface area contributed by atoms with Gasteiger partial charge in [0.1, 0.15) is 36.6 Å². The Labute approximate surface area is 345 Å². The van der Waals surface area contributed by atoms with Crippen LogP contribution in [0.2, 0.25) is 0 Å². The fourth-order valence-electron chi connectivity index (χ4n) is 7.66. The molecule has 0 bridgehead atoms. The zero-order valence-corrected chi connectivity index (χ0v) is 36.7. The number of aliphatic hydroxyl groups excluding tert-OH is 7. The van der Waals surface area contributed by atoms with E-state index in [0.29, 0.717) is 12.8 Å². The van der Waals surface area contributed by atoms with Gasteiger partial charge in [-0.15, -0.1) is 0 Å². The van der Waals surface area contributed by atoms with Gasteiger partial charge >= 0.3 is 7.82 Å². The Morgan fingerprint density at radius 3 is 1.26 bits per heavy atom. The van der Waals surface area contributed by atoms with E-state index in [2.05, 4.69) is 19.2 Å². The van der Waals surface area contributed by atoms with E-state index in [0.717, 1.165) is 51.4 Å². The van der Waals surface area contributed by atoms with Gasteiger partial charge in [-0.25, -0.2) is 4.57 Å². The first kappa shape index (κ1) is 54.3. The lowest BCUT2D eigenvalue weighted by atomic mass is 9.85. The first-order valence-electron chi connectivity index (χ1n) is 23.1. The lowest BCUT2D eigenvalue weighted by molar-refractivity contribution is -0.220. The third-order valence-corrected chi connectivity index (χ3v) is 12.5. The van der Waals surface area contributed by atoms with Crippen LogP contribution in [0.1, 0.15) is 206 Å². The molecule has 0 heterocycles. The molecular formula is C43H86NO12P. The molecule has 1 amide bonds. The van der Waals surface area contributed by atoms with Crippen LogP contribution in [-0.2, 0) is 18.4 Å². The summed E-state index contributed by atoms with van der Waals surface area (Å²) in [6, 6.07) is -1.15. The van der Waals surface area contributed by atoms with Gasteiger partial charge in [0.15, 0.2) is 0 Å². The highest BCUT2D eigenvalue weighted by atomic mass is 31.2. The van der Waals surface area contributed by atoms with Gasteiger partial charge in [0.2, 0.25) is 5.91 Å². The molecule has 14 heteroatoms. The summed E-state index contributed by atoms with van der Waals surface area (Å²) in [6.07, 6.45) is 18.7. The van der Waals surface area contributed by atoms with Gasteiger partial charge in [-0.1, -0.05) is 187 Å². The van der Waals surface area contributed by atoms with Crippen molar-refractivity contribution in [3.63, 3.8) is 0 Å². The topological polar surface area (TPSA) is 226 Å². The van der Waals surface area contributed by atoms with Gasteiger partial charge in [-0.2, -0.15) is 0 Å². The third kappa shape index (κ3) is 26.3. The summed E-state index contributed by atoms with van der Waals surface area (Å²) >= 11 is 0. The second-order valence-corrected chi connectivity index (χ2v) is 18.2. The molecule has 0 radical (unpaired) electrons. The molecule has 8 atom stereocenters. The molecule has 1 rings (SSSR count). The zero-order valence-electron chi connectivity index (χ0n) is 35.8. The fraction of sp³-hybridized carbons (Fsp3) is 0.977. The molecule has 13 nitrogen and oxygen atoms in total. The van der Waals surface area contributed by atoms with Crippen LogP contribution in [0.4, 0.5) is 0 Å². The minimum Gasteiger partial charge on any atom is -0.393 e. The second kappa shape index (κ2) is 34.0. The molecule has 1 saturated carbocycles. The smallest absolute Gasteiger partial charge is 0.393 e. The van der Waals surface area contributed by atoms with Crippen molar-refractivity contribution in [1.82, 2.24) is 5.32 Å². The number of unbranched alkanes of at least 4 members (excludes halogenated alkanes) is 25. The van der Waals surface area contributed by atoms with Crippen molar-refractivity contribution in [2.75, 3.05) is 6.61 Å². The maximum atomic E-state index is 13.0. The number of carbonyl (C=O) groups excluding carboxylic acids is 1. The van der Waals surface area contributed by atoms with Crippen LogP contribution in [0.15, 0.2) is 0 Å². The Morgan fingerprint density at radius 1 is 0.544 bits per heavy atom. The molecule has 0 spiro atoms. The molecule has 0 saturated heterocycles. The molecule has 0 aromatic carbocycles. The molecule has 0 aromatic rings. The fourth-order valence-corrected chi connectivity index (χ4v) is 8.62. The molecule has 9 N–H and O–H groups in total. The van der Waals surface area contributed by atoms with Crippen LogP contribution >= 0.6 is 7.82 Å². The number of nitrogens with one attached hydrogen (secondary N) is 1. The predicted molar refractivity (Wildman–Crippen MR) is 224 cm³/mol. The number of rotatable bonds is 38. The van der Waals surface area contributed by atoms with Crippen LogP contribution < -0.4 is 5.32 Å². The lowest BCUT2D eigenvalue weighted by Gasteiger charge is -2.41. The van der Waals surface area contributed by atoms with E-state index in [9.17, 15) is 50.0 Å². The van der Waals surface area contributed by atoms with Gasteiger partial charge in [0.25, 0.3) is 0 Å². The Balaban J connectivity index is 2.52. The quantitative estimate of drug-likeness (QED) is 0.0221. The van der Waals surface area contributed by atoms with Crippen molar-refractivity contribution in [3.8, 4) is 0 Å². The van der Waals surface area contributed by atoms with Crippen molar-refractivity contribution in [2.45, 2.75) is 261 Å². The Hall–Kier alpha value is -0.700. The van der Waals surface area contributed by atoms with E-state index in [1.54, 1.807) is 0 Å². The summed E-state index contributed by atoms with van der Waals surface area (Å²) in [6.45, 7) is 3.78. The highest BCUT2D eigenvalue weighted by Crippen LogP contribution is 2.47. The normalized spacial score (nSPS) is 23.9. The SMILES string of the molecule is CCCCCCCCCCCCCCCCCCCC(O)C(COP(=O)(O)OC1C(O)C(O)C(O)C(O)C1O)NC(=O)CC(O)CCCCCCCCCCCC. The van der Waals surface area contributed by atoms with E-state index in [1.165, 1.54) is 116 Å². The van der Waals surface area contributed by atoms with Gasteiger partial charge < -0.3 is 46.0 Å². The molecule has 340 valence electrons. The van der Waals surface area contributed by atoms with Gasteiger partial charge in [0, 0.05) is 0 Å². The molecule has 1 aliphatic rings. The van der Waals surface area contributed by atoms with Gasteiger partial charge in [0.05, 0.1) is 31.3 Å². The summed E-state index contributed by atoms with van der Waals surface area (Å²) in [5, 5.41) is 74.5. The lowest BCUT2D eigenvalue weighted by Crippen LogP contribution is -2.64. The van der Waals surface area contributed by atoms with Crippen molar-refractivity contribution in [1.29, 1.82) is 0 Å². The minimum atomic E-state index is -5.11. The predicted octanol–water partition coefficient (Wildman–Crippen LogP) is 7.26. The summed E-state index contributed by atoms with van der Waals surface area (Å²) in [7, 11) is -5.11. The van der Waals surface area contributed by atoms with Crippen molar-refractivity contribution in [2.24, 2.45) is 0 Å². The van der Waals surface area contributed by atoms with Gasteiger partial charge in [-0.3, -0.25) is 13.8 Å². The van der Waals surface area contributed by atoms with Crippen LogP contribution in [0.3, 0.4) is 0 Å². The average molecular weight is 840 g/mol. The van der Waals surface area contributed by atoms with Crippen molar-refractivity contribution < 1.29 is 59.0 Å². The first-order valence-corrected chi connectivity index (χ1v) is 24.6. The van der Waals surface area contributed by atoms with E-state index in [-0.39, 0.29) is 12.8 Å². The highest BCUT2D eigenvalue weighted by molar-refractivity contribution is 7.47. The zero-order chi connectivity index (χ0) is 42.3. The van der Waals surface area contributed by atoms with Crippen LogP contribution in [0.5, 0.6) is 0 Å². The molecule has 0 aromatic heterocycles. The number of phosphoric acid groups is 1. The first-order chi connectivity index (χ1) is 27.3. The van der Waals surface area contributed by atoms with E-state index >= 15 is 0 Å². The number of hydrogen-bond acceptors (Lipinski definition) is 11. The number of carbonyl (C=O) groups is 1. The average Bonchev–Trinajstić information content (AvgIpc) is 3.18. The number of hydrogen-bond donors (Lipinski definition) is 9. The van der Waals surface area contributed by atoms with Crippen LogP contribution in [-0.4, -0.2) is 108 Å². The summed E-state index contributed by atoms with van der Waals surface area (Å²) in [4.78, 5) is 23.4. The molecule has 1 fully saturated rings. The Bertz CT molecular complexity index is 995. The number of amides is 1. The van der Waals surface area contributed by atoms with E-state index in [4.69, 9.17) is 9.05 Å². The molecule has 0 aliphatic heterocycles. The molecule has 1 aliphatic carbocycles. The maximum absolute atomic E-state index is 13.0. The van der Waals surface area contributed by atoms with Crippen LogP contribution in [0, 0.1) is 0 Å². The highest BCUT2D eigenvalue weighted by Gasteiger charge is 2.51. The standard InChI is InChI=1S/C43H86NO12P/c1-3-5-7-9-11-13-15-16-17-18-19-20-21-23-25-27-29-31-36(46)35(33-55-57(53,54)56-43-41(51)39(49)38(48)40(50)42(43)52)44-37(47)32-34(45)30-28-26-24-22-14-12-10-8-6-4-2/h34-36,38-43,45-46,48-52H,3-33H2,1-2H3,(H,44,47)(H,53,54). The van der Waals surface area contributed by atoms with Crippen molar-refractivity contribution >= 4 is 13.7 Å². The monoisotopic (exact) mass is 840 g/mol. The maximum Gasteiger partial charge on any atom is 0.472 e. The van der Waals surface area contributed by atoms with Crippen LogP contribution in [0.25, 0.3) is 0 Å². The van der Waals surface area contributed by atoms with E-state index in [1.807, 2.05) is 0 Å². The summed E-state index contributed by atoms with van der Waals surface area (Å²) in [5.41, 5.74) is 0. The second-order valence-electron chi connectivity index (χ2n) is 16.8. The molecule has 8 unspecified atom stereocenters. The van der Waals surface area contributed by atoms with Gasteiger partial charge in [-0.05, 0) is 12.8 Å².